The van der Waals surface area contributed by atoms with E-state index in [-0.39, 0.29) is 36.8 Å². The van der Waals surface area contributed by atoms with E-state index in [1.165, 1.54) is 0 Å². The third-order valence-corrected chi connectivity index (χ3v) is 3.53. The zero-order valence-electron chi connectivity index (χ0n) is 12.3. The third-order valence-electron chi connectivity index (χ3n) is 3.53. The maximum absolute atomic E-state index is 12.6. The van der Waals surface area contributed by atoms with Crippen molar-refractivity contribution >= 4 is 30.7 Å². The summed E-state index contributed by atoms with van der Waals surface area (Å²) in [4.78, 5) is 18.6. The Bertz CT molecular complexity index is 460. The largest absolute Gasteiger partial charge is 0.491 e. The van der Waals surface area contributed by atoms with Gasteiger partial charge in [-0.25, -0.2) is 4.98 Å². The standard InChI is InChI=1S/C14H21N3O2.2ClH/c1-3-19-12-5-4-6-16-13(12)14(18)17-9-11(8-15)7-10(17)2;;/h4-6,10-11H,3,7-9,15H2,1-2H3;2*1H. The minimum absolute atomic E-state index is 0. The first-order chi connectivity index (χ1) is 9.17. The molecule has 0 radical (unpaired) electrons. The van der Waals surface area contributed by atoms with Gasteiger partial charge in [0, 0.05) is 18.8 Å². The molecule has 1 amide bonds. The van der Waals surface area contributed by atoms with Crippen LogP contribution >= 0.6 is 24.8 Å². The lowest BCUT2D eigenvalue weighted by molar-refractivity contribution is 0.0733. The van der Waals surface area contributed by atoms with Crippen molar-refractivity contribution in [3.05, 3.63) is 24.0 Å². The van der Waals surface area contributed by atoms with Crippen LogP contribution in [0, 0.1) is 5.92 Å². The first kappa shape index (κ1) is 20.0. The first-order valence-electron chi connectivity index (χ1n) is 6.76. The molecule has 1 aliphatic rings. The molecule has 0 aliphatic carbocycles. The van der Waals surface area contributed by atoms with E-state index in [9.17, 15) is 4.79 Å². The van der Waals surface area contributed by atoms with Crippen LogP contribution < -0.4 is 10.5 Å². The minimum Gasteiger partial charge on any atom is -0.491 e. The van der Waals surface area contributed by atoms with Gasteiger partial charge in [-0.3, -0.25) is 4.79 Å². The molecule has 7 heteroatoms. The Morgan fingerprint density at radius 2 is 2.24 bits per heavy atom. The van der Waals surface area contributed by atoms with E-state index in [1.807, 2.05) is 11.8 Å². The number of pyridine rings is 1. The fourth-order valence-electron chi connectivity index (χ4n) is 2.56. The molecule has 21 heavy (non-hydrogen) atoms. The highest BCUT2D eigenvalue weighted by atomic mass is 35.5. The Hall–Kier alpha value is -1.04. The summed E-state index contributed by atoms with van der Waals surface area (Å²) in [5.74, 6) is 0.879. The molecule has 2 heterocycles. The summed E-state index contributed by atoms with van der Waals surface area (Å²) in [6.07, 6.45) is 2.58. The number of nitrogens with two attached hydrogens (primary N) is 1. The molecule has 0 saturated carbocycles. The van der Waals surface area contributed by atoms with Crippen LogP contribution in [0.3, 0.4) is 0 Å². The predicted octanol–water partition coefficient (Wildman–Crippen LogP) is 2.13. The number of carbonyl (C=O) groups is 1. The molecule has 1 aliphatic heterocycles. The molecular weight excluding hydrogens is 313 g/mol. The van der Waals surface area contributed by atoms with Crippen molar-refractivity contribution in [3.63, 3.8) is 0 Å². The molecule has 120 valence electrons. The molecule has 1 fully saturated rings. The van der Waals surface area contributed by atoms with Crippen LogP contribution in [0.1, 0.15) is 30.8 Å². The summed E-state index contributed by atoms with van der Waals surface area (Å²) < 4.78 is 5.47. The molecule has 5 nitrogen and oxygen atoms in total. The molecule has 1 aromatic rings. The molecule has 2 N–H and O–H groups in total. The quantitative estimate of drug-likeness (QED) is 0.915. The molecule has 2 rings (SSSR count). The topological polar surface area (TPSA) is 68.5 Å². The smallest absolute Gasteiger partial charge is 0.276 e. The maximum Gasteiger partial charge on any atom is 0.276 e. The van der Waals surface area contributed by atoms with Crippen molar-refractivity contribution in [1.82, 2.24) is 9.88 Å². The zero-order chi connectivity index (χ0) is 13.8. The molecular formula is C14H23Cl2N3O2. The summed E-state index contributed by atoms with van der Waals surface area (Å²) in [6.45, 7) is 5.79. The molecule has 0 bridgehead atoms. The molecule has 0 spiro atoms. The summed E-state index contributed by atoms with van der Waals surface area (Å²) >= 11 is 0. The number of nitrogens with zero attached hydrogens (tertiary/aromatic N) is 2. The van der Waals surface area contributed by atoms with E-state index >= 15 is 0 Å². The Labute approximate surface area is 138 Å². The fourth-order valence-corrected chi connectivity index (χ4v) is 2.56. The van der Waals surface area contributed by atoms with Gasteiger partial charge in [-0.15, -0.1) is 24.8 Å². The average molecular weight is 336 g/mol. The van der Waals surface area contributed by atoms with Crippen LogP contribution in [0.25, 0.3) is 0 Å². The Kier molecular flexibility index (Phi) is 8.63. The number of halogens is 2. The van der Waals surface area contributed by atoms with Crippen molar-refractivity contribution < 1.29 is 9.53 Å². The number of ether oxygens (including phenoxy) is 1. The van der Waals surface area contributed by atoms with Crippen LogP contribution in [-0.4, -0.2) is 41.5 Å². The SMILES string of the molecule is CCOc1cccnc1C(=O)N1CC(CN)CC1C.Cl.Cl. The van der Waals surface area contributed by atoms with Gasteiger partial charge >= 0.3 is 0 Å². The van der Waals surface area contributed by atoms with Crippen molar-refractivity contribution in [2.45, 2.75) is 26.3 Å². The summed E-state index contributed by atoms with van der Waals surface area (Å²) in [5, 5.41) is 0. The molecule has 2 unspecified atom stereocenters. The Morgan fingerprint density at radius 3 is 2.81 bits per heavy atom. The lowest BCUT2D eigenvalue weighted by Gasteiger charge is -2.22. The molecule has 0 aromatic carbocycles. The van der Waals surface area contributed by atoms with Gasteiger partial charge in [0.2, 0.25) is 0 Å². The second kappa shape index (κ2) is 9.07. The normalized spacial score (nSPS) is 20.4. The Morgan fingerprint density at radius 1 is 1.52 bits per heavy atom. The van der Waals surface area contributed by atoms with Crippen LogP contribution in [-0.2, 0) is 0 Å². The van der Waals surface area contributed by atoms with Crippen LogP contribution in [0.2, 0.25) is 0 Å². The van der Waals surface area contributed by atoms with E-state index < -0.39 is 0 Å². The summed E-state index contributed by atoms with van der Waals surface area (Å²) in [5.41, 5.74) is 6.09. The van der Waals surface area contributed by atoms with E-state index in [0.717, 1.165) is 6.42 Å². The van der Waals surface area contributed by atoms with Crippen LogP contribution in [0.5, 0.6) is 5.75 Å². The van der Waals surface area contributed by atoms with Crippen molar-refractivity contribution in [1.29, 1.82) is 0 Å². The fraction of sp³-hybridized carbons (Fsp3) is 0.571. The highest BCUT2D eigenvalue weighted by Gasteiger charge is 2.33. The van der Waals surface area contributed by atoms with E-state index in [2.05, 4.69) is 11.9 Å². The van der Waals surface area contributed by atoms with Gasteiger partial charge in [-0.1, -0.05) is 0 Å². The number of hydrogen-bond acceptors (Lipinski definition) is 4. The first-order valence-corrected chi connectivity index (χ1v) is 6.76. The monoisotopic (exact) mass is 335 g/mol. The number of hydrogen-bond donors (Lipinski definition) is 1. The molecule has 1 saturated heterocycles. The minimum atomic E-state index is -0.0625. The lowest BCUT2D eigenvalue weighted by atomic mass is 10.1. The van der Waals surface area contributed by atoms with Gasteiger partial charge in [0.15, 0.2) is 11.4 Å². The number of carbonyl (C=O) groups excluding carboxylic acids is 1. The highest BCUT2D eigenvalue weighted by Crippen LogP contribution is 2.26. The van der Waals surface area contributed by atoms with Gasteiger partial charge in [-0.05, 0) is 44.9 Å². The predicted molar refractivity (Wildman–Crippen MR) is 87.6 cm³/mol. The Balaban J connectivity index is 0.00000200. The van der Waals surface area contributed by atoms with Crippen LogP contribution in [0.15, 0.2) is 18.3 Å². The van der Waals surface area contributed by atoms with Gasteiger partial charge in [-0.2, -0.15) is 0 Å². The zero-order valence-corrected chi connectivity index (χ0v) is 14.0. The molecule has 2 atom stereocenters. The van der Waals surface area contributed by atoms with Gasteiger partial charge in [0.25, 0.3) is 5.91 Å². The van der Waals surface area contributed by atoms with E-state index in [4.69, 9.17) is 10.5 Å². The third kappa shape index (κ3) is 4.46. The lowest BCUT2D eigenvalue weighted by Crippen LogP contribution is -2.35. The van der Waals surface area contributed by atoms with Gasteiger partial charge in [0.05, 0.1) is 6.61 Å². The maximum atomic E-state index is 12.6. The van der Waals surface area contributed by atoms with E-state index in [1.54, 1.807) is 18.3 Å². The average Bonchev–Trinajstić information content (AvgIpc) is 2.80. The summed E-state index contributed by atoms with van der Waals surface area (Å²) in [7, 11) is 0. The summed E-state index contributed by atoms with van der Waals surface area (Å²) in [6, 6.07) is 3.76. The number of aromatic nitrogens is 1. The highest BCUT2D eigenvalue weighted by molar-refractivity contribution is 5.95. The molecule has 1 aromatic heterocycles. The number of likely N-dealkylation sites (tertiary alicyclic amines) is 1. The second-order valence-electron chi connectivity index (χ2n) is 4.93. The second-order valence-corrected chi connectivity index (χ2v) is 4.93. The number of amides is 1. The van der Waals surface area contributed by atoms with Crippen LogP contribution in [0.4, 0.5) is 0 Å². The van der Waals surface area contributed by atoms with Crippen molar-refractivity contribution in [2.75, 3.05) is 19.7 Å². The van der Waals surface area contributed by atoms with Crippen molar-refractivity contribution in [3.8, 4) is 5.75 Å². The van der Waals surface area contributed by atoms with E-state index in [0.29, 0.717) is 37.1 Å². The van der Waals surface area contributed by atoms with Crippen molar-refractivity contribution in [2.24, 2.45) is 11.7 Å². The van der Waals surface area contributed by atoms with Gasteiger partial charge < -0.3 is 15.4 Å². The van der Waals surface area contributed by atoms with Gasteiger partial charge in [0.1, 0.15) is 0 Å². The number of rotatable bonds is 4.